The molecule has 0 saturated heterocycles. The van der Waals surface area contributed by atoms with E-state index in [1.165, 1.54) is 0 Å². The molecule has 16 heavy (non-hydrogen) atoms. The number of hydrogen-bond acceptors (Lipinski definition) is 2. The van der Waals surface area contributed by atoms with Crippen molar-refractivity contribution in [3.8, 4) is 0 Å². The monoisotopic (exact) mass is 230 g/mol. The average Bonchev–Trinajstić information content (AvgIpc) is 2.08. The summed E-state index contributed by atoms with van der Waals surface area (Å²) in [5.74, 6) is 0.385. The highest BCUT2D eigenvalue weighted by atomic mass is 16.3. The molecule has 0 aliphatic heterocycles. The van der Waals surface area contributed by atoms with Gasteiger partial charge in [0.15, 0.2) is 0 Å². The molecular formula is C14H30O2. The van der Waals surface area contributed by atoms with Gasteiger partial charge in [-0.1, -0.05) is 48.5 Å². The van der Waals surface area contributed by atoms with Gasteiger partial charge in [0, 0.05) is 0 Å². The Morgan fingerprint density at radius 3 is 1.44 bits per heavy atom. The van der Waals surface area contributed by atoms with Crippen LogP contribution in [0.15, 0.2) is 0 Å². The van der Waals surface area contributed by atoms with Gasteiger partial charge >= 0.3 is 0 Å². The maximum atomic E-state index is 9.96. The summed E-state index contributed by atoms with van der Waals surface area (Å²) in [5.41, 5.74) is 0.291. The second kappa shape index (κ2) is 5.50. The first-order chi connectivity index (χ1) is 7.00. The Morgan fingerprint density at radius 1 is 0.812 bits per heavy atom. The van der Waals surface area contributed by atoms with E-state index in [1.807, 2.05) is 6.92 Å². The summed E-state index contributed by atoms with van der Waals surface area (Å²) in [6, 6.07) is 0. The lowest BCUT2D eigenvalue weighted by atomic mass is 9.64. The molecule has 0 aliphatic rings. The van der Waals surface area contributed by atoms with Gasteiger partial charge in [0.2, 0.25) is 0 Å². The largest absolute Gasteiger partial charge is 0.390 e. The van der Waals surface area contributed by atoms with Crippen LogP contribution in [0.1, 0.15) is 61.3 Å². The van der Waals surface area contributed by atoms with Crippen molar-refractivity contribution >= 4 is 0 Å². The van der Waals surface area contributed by atoms with Crippen LogP contribution in [0.3, 0.4) is 0 Å². The molecule has 0 aromatic carbocycles. The fraction of sp³-hybridized carbons (Fsp3) is 1.00. The Balaban J connectivity index is 4.71. The molecule has 0 aromatic heterocycles. The first-order valence-electron chi connectivity index (χ1n) is 6.36. The third-order valence-corrected chi connectivity index (χ3v) is 3.43. The first kappa shape index (κ1) is 15.9. The summed E-state index contributed by atoms with van der Waals surface area (Å²) >= 11 is 0. The van der Waals surface area contributed by atoms with E-state index in [9.17, 15) is 10.2 Å². The Morgan fingerprint density at radius 2 is 1.19 bits per heavy atom. The molecule has 0 heterocycles. The molecule has 0 aromatic rings. The lowest BCUT2D eigenvalue weighted by Crippen LogP contribution is -2.38. The highest BCUT2D eigenvalue weighted by Gasteiger charge is 2.37. The van der Waals surface area contributed by atoms with Crippen LogP contribution < -0.4 is 0 Å². The zero-order chi connectivity index (χ0) is 13.1. The van der Waals surface area contributed by atoms with Crippen molar-refractivity contribution in [3.05, 3.63) is 0 Å². The fourth-order valence-electron chi connectivity index (χ4n) is 2.68. The third kappa shape index (κ3) is 4.84. The Hall–Kier alpha value is -0.0800. The molecular weight excluding hydrogens is 200 g/mol. The van der Waals surface area contributed by atoms with Gasteiger partial charge in [0.1, 0.15) is 0 Å². The summed E-state index contributed by atoms with van der Waals surface area (Å²) in [7, 11) is 0. The lowest BCUT2D eigenvalue weighted by molar-refractivity contribution is -0.0298. The van der Waals surface area contributed by atoms with Crippen LogP contribution in [0.4, 0.5) is 0 Å². The molecule has 0 radical (unpaired) electrons. The summed E-state index contributed by atoms with van der Waals surface area (Å²) in [6.45, 7) is 15.1. The molecule has 0 spiro atoms. The molecule has 0 bridgehead atoms. The lowest BCUT2D eigenvalue weighted by Gasteiger charge is -2.42. The Kier molecular flexibility index (Phi) is 5.48. The standard InChI is InChI=1S/C14H30O2/c1-8-10(15)11(16)9-12(13(2,3)4)14(5,6)7/h10-12,15-16H,8-9H2,1-7H3. The van der Waals surface area contributed by atoms with E-state index in [4.69, 9.17) is 0 Å². The van der Waals surface area contributed by atoms with Crippen molar-refractivity contribution < 1.29 is 10.2 Å². The molecule has 2 heteroatoms. The minimum absolute atomic E-state index is 0.146. The van der Waals surface area contributed by atoms with Gasteiger partial charge in [-0.2, -0.15) is 0 Å². The van der Waals surface area contributed by atoms with Crippen LogP contribution >= 0.6 is 0 Å². The van der Waals surface area contributed by atoms with Gasteiger partial charge in [-0.3, -0.25) is 0 Å². The minimum Gasteiger partial charge on any atom is -0.390 e. The Bertz CT molecular complexity index is 184. The third-order valence-electron chi connectivity index (χ3n) is 3.43. The van der Waals surface area contributed by atoms with E-state index in [0.717, 1.165) is 0 Å². The fourth-order valence-corrected chi connectivity index (χ4v) is 2.68. The highest BCUT2D eigenvalue weighted by molar-refractivity contribution is 4.86. The van der Waals surface area contributed by atoms with Crippen LogP contribution in [0.2, 0.25) is 0 Å². The maximum Gasteiger partial charge on any atom is 0.0802 e. The molecule has 0 fully saturated rings. The van der Waals surface area contributed by atoms with Crippen molar-refractivity contribution in [2.75, 3.05) is 0 Å². The van der Waals surface area contributed by atoms with Crippen molar-refractivity contribution in [1.29, 1.82) is 0 Å². The van der Waals surface area contributed by atoms with Gasteiger partial charge in [-0.05, 0) is 29.6 Å². The Labute approximate surface area is 101 Å². The summed E-state index contributed by atoms with van der Waals surface area (Å²) in [5, 5.41) is 19.6. The number of aliphatic hydroxyl groups excluding tert-OH is 2. The molecule has 2 N–H and O–H groups in total. The zero-order valence-corrected chi connectivity index (χ0v) is 12.0. The van der Waals surface area contributed by atoms with E-state index in [1.54, 1.807) is 0 Å². The molecule has 0 saturated carbocycles. The smallest absolute Gasteiger partial charge is 0.0802 e. The van der Waals surface area contributed by atoms with Crippen LogP contribution in [0.25, 0.3) is 0 Å². The maximum absolute atomic E-state index is 9.96. The molecule has 2 unspecified atom stereocenters. The van der Waals surface area contributed by atoms with E-state index in [2.05, 4.69) is 41.5 Å². The second-order valence-electron chi connectivity index (χ2n) is 7.06. The quantitative estimate of drug-likeness (QED) is 0.778. The second-order valence-corrected chi connectivity index (χ2v) is 7.06. The predicted octanol–water partition coefficient (Wildman–Crippen LogP) is 3.22. The van der Waals surface area contributed by atoms with E-state index in [0.29, 0.717) is 18.8 Å². The van der Waals surface area contributed by atoms with Crippen molar-refractivity contribution in [1.82, 2.24) is 0 Å². The SMILES string of the molecule is CCC(O)C(O)CC(C(C)(C)C)C(C)(C)C. The van der Waals surface area contributed by atoms with Crippen LogP contribution in [-0.4, -0.2) is 22.4 Å². The molecule has 0 amide bonds. The van der Waals surface area contributed by atoms with Crippen LogP contribution in [0.5, 0.6) is 0 Å². The first-order valence-corrected chi connectivity index (χ1v) is 6.36. The number of rotatable bonds is 4. The van der Waals surface area contributed by atoms with Crippen molar-refractivity contribution in [3.63, 3.8) is 0 Å². The van der Waals surface area contributed by atoms with Gasteiger partial charge in [-0.15, -0.1) is 0 Å². The summed E-state index contributed by atoms with van der Waals surface area (Å²) in [6.07, 6.45) is 0.0881. The summed E-state index contributed by atoms with van der Waals surface area (Å²) < 4.78 is 0. The van der Waals surface area contributed by atoms with Crippen LogP contribution in [-0.2, 0) is 0 Å². The van der Waals surface area contributed by atoms with Crippen LogP contribution in [0, 0.1) is 16.7 Å². The normalized spacial score (nSPS) is 17.6. The van der Waals surface area contributed by atoms with E-state index in [-0.39, 0.29) is 10.8 Å². The molecule has 2 nitrogen and oxygen atoms in total. The number of hydrogen-bond donors (Lipinski definition) is 2. The van der Waals surface area contributed by atoms with Gasteiger partial charge in [-0.25, -0.2) is 0 Å². The molecule has 98 valence electrons. The molecule has 0 rings (SSSR count). The molecule has 0 aliphatic carbocycles. The predicted molar refractivity (Wildman–Crippen MR) is 69.3 cm³/mol. The van der Waals surface area contributed by atoms with Gasteiger partial charge in [0.25, 0.3) is 0 Å². The summed E-state index contributed by atoms with van der Waals surface area (Å²) in [4.78, 5) is 0. The van der Waals surface area contributed by atoms with Gasteiger partial charge in [0.05, 0.1) is 12.2 Å². The topological polar surface area (TPSA) is 40.5 Å². The van der Waals surface area contributed by atoms with Gasteiger partial charge < -0.3 is 10.2 Å². The average molecular weight is 230 g/mol. The van der Waals surface area contributed by atoms with E-state index >= 15 is 0 Å². The zero-order valence-electron chi connectivity index (χ0n) is 12.0. The number of aliphatic hydroxyl groups is 2. The molecule has 2 atom stereocenters. The van der Waals surface area contributed by atoms with Crippen molar-refractivity contribution in [2.24, 2.45) is 16.7 Å². The highest BCUT2D eigenvalue weighted by Crippen LogP contribution is 2.43. The van der Waals surface area contributed by atoms with Crippen molar-refractivity contribution in [2.45, 2.75) is 73.5 Å². The minimum atomic E-state index is -0.603. The van der Waals surface area contributed by atoms with E-state index < -0.39 is 12.2 Å².